The summed E-state index contributed by atoms with van der Waals surface area (Å²) in [6.45, 7) is 1.79. The van der Waals surface area contributed by atoms with Crippen LogP contribution in [0.4, 0.5) is 10.1 Å². The van der Waals surface area contributed by atoms with Crippen LogP contribution in [0.5, 0.6) is 0 Å². The molecule has 1 aliphatic rings. The summed E-state index contributed by atoms with van der Waals surface area (Å²) in [7, 11) is 0. The number of carbonyl (C=O) groups excluding carboxylic acids is 1. The van der Waals surface area contributed by atoms with Crippen molar-refractivity contribution in [3.63, 3.8) is 0 Å². The minimum Gasteiger partial charge on any atom is -0.463 e. The molecule has 0 unspecified atom stereocenters. The number of aromatic nitrogens is 1. The zero-order valence-corrected chi connectivity index (χ0v) is 23.4. The van der Waals surface area contributed by atoms with Crippen LogP contribution in [0.15, 0.2) is 111 Å². The number of benzene rings is 3. The predicted molar refractivity (Wildman–Crippen MR) is 158 cm³/mol. The standard InChI is InChI=1S/C32H22FN3O6S/c1-2-41-31(38)27-28(19-8-4-3-5-9-19)34-32-35(29(27)20-12-14-21(33)15-13-20)30(37)26(43-32)18-22-16-17-25(42-22)23-10-6-7-11-24(23)36(39)40/h3-18,29H,2H2,1H3/b26-18-/t29-/m0/s1. The van der Waals surface area contributed by atoms with E-state index in [9.17, 15) is 24.1 Å². The second-order valence-electron chi connectivity index (χ2n) is 9.46. The predicted octanol–water partition coefficient (Wildman–Crippen LogP) is 5.24. The molecule has 0 saturated heterocycles. The molecule has 2 aromatic heterocycles. The maximum atomic E-state index is 14.0. The van der Waals surface area contributed by atoms with E-state index < -0.39 is 28.3 Å². The molecule has 0 N–H and O–H groups in total. The molecule has 0 bridgehead atoms. The van der Waals surface area contributed by atoms with Crippen LogP contribution in [0.2, 0.25) is 0 Å². The molecular formula is C32H22FN3O6S. The van der Waals surface area contributed by atoms with E-state index in [0.29, 0.717) is 32.9 Å². The van der Waals surface area contributed by atoms with E-state index in [2.05, 4.69) is 0 Å². The first-order valence-electron chi connectivity index (χ1n) is 13.2. The molecule has 43 heavy (non-hydrogen) atoms. The maximum Gasteiger partial charge on any atom is 0.338 e. The van der Waals surface area contributed by atoms with Crippen molar-refractivity contribution in [2.24, 2.45) is 4.99 Å². The summed E-state index contributed by atoms with van der Waals surface area (Å²) < 4.78 is 26.9. The highest BCUT2D eigenvalue weighted by atomic mass is 32.1. The van der Waals surface area contributed by atoms with Crippen molar-refractivity contribution in [2.45, 2.75) is 13.0 Å². The number of furan rings is 1. The molecule has 1 aliphatic heterocycles. The molecule has 3 aromatic carbocycles. The highest BCUT2D eigenvalue weighted by molar-refractivity contribution is 7.07. The Morgan fingerprint density at radius 2 is 1.79 bits per heavy atom. The minimum atomic E-state index is -0.951. The molecule has 0 saturated carbocycles. The SMILES string of the molecule is CCOC(=O)C1=C(c2ccccc2)N=c2s/c(=C\c3ccc(-c4ccccc4[N+](=O)[O-])o3)c(=O)n2[C@H]1c1ccc(F)cc1. The van der Waals surface area contributed by atoms with E-state index in [1.807, 2.05) is 18.2 Å². The Kier molecular flexibility index (Phi) is 7.39. The molecule has 214 valence electrons. The summed E-state index contributed by atoms with van der Waals surface area (Å²) in [5, 5.41) is 11.5. The van der Waals surface area contributed by atoms with Crippen molar-refractivity contribution < 1.29 is 23.3 Å². The molecule has 11 heteroatoms. The Morgan fingerprint density at radius 3 is 2.51 bits per heavy atom. The van der Waals surface area contributed by atoms with Gasteiger partial charge in [-0.3, -0.25) is 19.5 Å². The van der Waals surface area contributed by atoms with E-state index >= 15 is 0 Å². The molecular weight excluding hydrogens is 573 g/mol. The van der Waals surface area contributed by atoms with E-state index in [0.717, 1.165) is 11.3 Å². The lowest BCUT2D eigenvalue weighted by Gasteiger charge is -2.25. The van der Waals surface area contributed by atoms with Crippen LogP contribution in [0.1, 0.15) is 29.9 Å². The van der Waals surface area contributed by atoms with Crippen molar-refractivity contribution >= 4 is 34.8 Å². The molecule has 0 radical (unpaired) electrons. The molecule has 9 nitrogen and oxygen atoms in total. The fourth-order valence-corrected chi connectivity index (χ4v) is 5.93. The van der Waals surface area contributed by atoms with E-state index in [-0.39, 0.29) is 28.2 Å². The normalized spacial score (nSPS) is 14.7. The van der Waals surface area contributed by atoms with Crippen molar-refractivity contribution in [3.8, 4) is 11.3 Å². The number of fused-ring (bicyclic) bond motifs is 1. The first-order chi connectivity index (χ1) is 20.9. The van der Waals surface area contributed by atoms with E-state index in [4.69, 9.17) is 14.1 Å². The van der Waals surface area contributed by atoms with Gasteiger partial charge in [-0.15, -0.1) is 0 Å². The van der Waals surface area contributed by atoms with Gasteiger partial charge < -0.3 is 9.15 Å². The van der Waals surface area contributed by atoms with Gasteiger partial charge in [-0.25, -0.2) is 14.2 Å². The van der Waals surface area contributed by atoms with Crippen molar-refractivity contribution in [3.05, 3.63) is 149 Å². The summed E-state index contributed by atoms with van der Waals surface area (Å²) in [4.78, 5) is 43.5. The summed E-state index contributed by atoms with van der Waals surface area (Å²) in [6.07, 6.45) is 1.53. The number of nitro groups is 1. The number of hydrogen-bond acceptors (Lipinski definition) is 8. The number of carbonyl (C=O) groups is 1. The van der Waals surface area contributed by atoms with Crippen molar-refractivity contribution in [2.75, 3.05) is 6.61 Å². The molecule has 3 heterocycles. The molecule has 0 aliphatic carbocycles. The first kappa shape index (κ1) is 27.7. The van der Waals surface area contributed by atoms with Gasteiger partial charge in [-0.1, -0.05) is 65.9 Å². The van der Waals surface area contributed by atoms with Gasteiger partial charge in [-0.2, -0.15) is 0 Å². The summed E-state index contributed by atoms with van der Waals surface area (Å²) in [6, 6.07) is 23.1. The van der Waals surface area contributed by atoms with Gasteiger partial charge in [0.25, 0.3) is 11.2 Å². The molecule has 0 fully saturated rings. The highest BCUT2D eigenvalue weighted by Crippen LogP contribution is 2.35. The zero-order chi connectivity index (χ0) is 30.1. The monoisotopic (exact) mass is 595 g/mol. The van der Waals surface area contributed by atoms with Crippen LogP contribution in [-0.2, 0) is 9.53 Å². The van der Waals surface area contributed by atoms with Crippen LogP contribution < -0.4 is 14.9 Å². The van der Waals surface area contributed by atoms with E-state index in [1.54, 1.807) is 49.4 Å². The van der Waals surface area contributed by atoms with Gasteiger partial charge >= 0.3 is 5.97 Å². The van der Waals surface area contributed by atoms with Crippen molar-refractivity contribution in [1.82, 2.24) is 4.57 Å². The second kappa shape index (κ2) is 11.5. The summed E-state index contributed by atoms with van der Waals surface area (Å²) in [5.74, 6) is -0.543. The van der Waals surface area contributed by atoms with Gasteiger partial charge in [-0.05, 0) is 42.8 Å². The number of nitro benzene ring substituents is 1. The third kappa shape index (κ3) is 5.22. The Bertz CT molecular complexity index is 2080. The van der Waals surface area contributed by atoms with Crippen molar-refractivity contribution in [1.29, 1.82) is 0 Å². The van der Waals surface area contributed by atoms with Gasteiger partial charge in [0.15, 0.2) is 4.80 Å². The number of nitrogens with zero attached hydrogens (tertiary/aromatic N) is 3. The molecule has 6 rings (SSSR count). The van der Waals surface area contributed by atoms with Crippen LogP contribution in [0, 0.1) is 15.9 Å². The number of para-hydroxylation sites is 1. The summed E-state index contributed by atoms with van der Waals surface area (Å²) in [5.41, 5.74) is 1.38. The van der Waals surface area contributed by atoms with Crippen LogP contribution in [0.25, 0.3) is 23.1 Å². The first-order valence-corrected chi connectivity index (χ1v) is 14.0. The Balaban J connectivity index is 1.55. The van der Waals surface area contributed by atoms with Crippen LogP contribution in [-0.4, -0.2) is 22.1 Å². The lowest BCUT2D eigenvalue weighted by atomic mass is 9.93. The number of esters is 1. The Morgan fingerprint density at radius 1 is 1.07 bits per heavy atom. The number of halogens is 1. The molecule has 0 amide bonds. The van der Waals surface area contributed by atoms with Crippen LogP contribution in [0.3, 0.4) is 0 Å². The third-order valence-corrected chi connectivity index (χ3v) is 7.81. The fraction of sp³-hybridized carbons (Fsp3) is 0.0938. The Hall–Kier alpha value is -5.42. The topological polar surface area (TPSA) is 117 Å². The second-order valence-corrected chi connectivity index (χ2v) is 10.5. The van der Waals surface area contributed by atoms with Crippen LogP contribution >= 0.6 is 11.3 Å². The molecule has 0 spiro atoms. The van der Waals surface area contributed by atoms with Gasteiger partial charge in [0.05, 0.1) is 38.9 Å². The third-order valence-electron chi connectivity index (χ3n) is 6.83. The number of hydrogen-bond donors (Lipinski definition) is 0. The number of thiazole rings is 1. The summed E-state index contributed by atoms with van der Waals surface area (Å²) >= 11 is 1.10. The number of ether oxygens (including phenoxy) is 1. The minimum absolute atomic E-state index is 0.103. The number of rotatable bonds is 7. The average Bonchev–Trinajstić information content (AvgIpc) is 3.61. The van der Waals surface area contributed by atoms with Gasteiger partial charge in [0.2, 0.25) is 0 Å². The van der Waals surface area contributed by atoms with Gasteiger partial charge in [0.1, 0.15) is 17.3 Å². The maximum absolute atomic E-state index is 14.0. The molecule has 1 atom stereocenters. The Labute approximate surface area is 247 Å². The lowest BCUT2D eigenvalue weighted by Crippen LogP contribution is -2.40. The smallest absolute Gasteiger partial charge is 0.338 e. The molecule has 5 aromatic rings. The zero-order valence-electron chi connectivity index (χ0n) is 22.6. The van der Waals surface area contributed by atoms with Gasteiger partial charge in [0, 0.05) is 17.7 Å². The quantitative estimate of drug-likeness (QED) is 0.144. The lowest BCUT2D eigenvalue weighted by molar-refractivity contribution is -0.384. The van der Waals surface area contributed by atoms with E-state index in [1.165, 1.54) is 41.0 Å². The largest absolute Gasteiger partial charge is 0.463 e. The fourth-order valence-electron chi connectivity index (χ4n) is 4.95. The highest BCUT2D eigenvalue weighted by Gasteiger charge is 2.35. The average molecular weight is 596 g/mol.